The lowest BCUT2D eigenvalue weighted by Gasteiger charge is -2.24. The summed E-state index contributed by atoms with van der Waals surface area (Å²) in [4.78, 5) is 0. The molecule has 0 aliphatic rings. The summed E-state index contributed by atoms with van der Waals surface area (Å²) in [5.74, 6) is 1.39. The zero-order valence-corrected chi connectivity index (χ0v) is 7.59. The zero-order valence-electron chi connectivity index (χ0n) is 7.59. The second kappa shape index (κ2) is 2.68. The van der Waals surface area contributed by atoms with Crippen LogP contribution in [-0.4, -0.2) is 5.16 Å². The molecule has 2 nitrogen and oxygen atoms in total. The van der Waals surface area contributed by atoms with Crippen molar-refractivity contribution in [2.24, 2.45) is 5.41 Å². The van der Waals surface area contributed by atoms with Gasteiger partial charge in [-0.2, -0.15) is 0 Å². The second-order valence-electron chi connectivity index (χ2n) is 4.00. The molecule has 1 heterocycles. The maximum atomic E-state index is 5.07. The molecule has 0 N–H and O–H groups in total. The summed E-state index contributed by atoms with van der Waals surface area (Å²) < 4.78 is 5.07. The van der Waals surface area contributed by atoms with Crippen molar-refractivity contribution in [1.29, 1.82) is 0 Å². The third kappa shape index (κ3) is 1.82. The second-order valence-corrected chi connectivity index (χ2v) is 4.00. The van der Waals surface area contributed by atoms with Crippen LogP contribution in [0, 0.1) is 5.41 Å². The molecule has 1 rings (SSSR count). The van der Waals surface area contributed by atoms with Crippen molar-refractivity contribution >= 4 is 0 Å². The van der Waals surface area contributed by atoms with Gasteiger partial charge in [0.15, 0.2) is 0 Å². The minimum atomic E-state index is 0.250. The van der Waals surface area contributed by atoms with Gasteiger partial charge in [-0.05, 0) is 5.41 Å². The van der Waals surface area contributed by atoms with Crippen molar-refractivity contribution in [2.45, 2.75) is 33.6 Å². The number of rotatable bonds is 1. The molecule has 0 aliphatic heterocycles. The van der Waals surface area contributed by atoms with Gasteiger partial charge in [-0.25, -0.2) is 0 Å². The van der Waals surface area contributed by atoms with Crippen LogP contribution >= 0.6 is 0 Å². The SMILES string of the molecule is C[C@@H](c1ccno1)C(C)(C)C. The van der Waals surface area contributed by atoms with Crippen LogP contribution in [0.15, 0.2) is 16.8 Å². The van der Waals surface area contributed by atoms with E-state index in [1.807, 2.05) is 6.07 Å². The Kier molecular flexibility index (Phi) is 2.03. The van der Waals surface area contributed by atoms with E-state index in [0.717, 1.165) is 5.76 Å². The minimum absolute atomic E-state index is 0.250. The van der Waals surface area contributed by atoms with E-state index >= 15 is 0 Å². The molecule has 1 aromatic heterocycles. The normalized spacial score (nSPS) is 14.9. The first-order valence-electron chi connectivity index (χ1n) is 3.92. The van der Waals surface area contributed by atoms with E-state index in [1.165, 1.54) is 0 Å². The van der Waals surface area contributed by atoms with E-state index in [9.17, 15) is 0 Å². The molecule has 0 bridgehead atoms. The van der Waals surface area contributed by atoms with Gasteiger partial charge in [0.1, 0.15) is 5.76 Å². The lowest BCUT2D eigenvalue weighted by atomic mass is 9.81. The van der Waals surface area contributed by atoms with Gasteiger partial charge in [0, 0.05) is 12.0 Å². The molecule has 0 unspecified atom stereocenters. The fraction of sp³-hybridized carbons (Fsp3) is 0.667. The van der Waals surface area contributed by atoms with Crippen LogP contribution < -0.4 is 0 Å². The van der Waals surface area contributed by atoms with Crippen molar-refractivity contribution in [3.05, 3.63) is 18.0 Å². The van der Waals surface area contributed by atoms with Gasteiger partial charge in [-0.15, -0.1) is 0 Å². The maximum absolute atomic E-state index is 5.07. The first kappa shape index (κ1) is 8.31. The molecule has 0 aromatic carbocycles. The average molecular weight is 153 g/mol. The van der Waals surface area contributed by atoms with Gasteiger partial charge >= 0.3 is 0 Å². The van der Waals surface area contributed by atoms with Crippen LogP contribution in [-0.2, 0) is 0 Å². The molecule has 1 aromatic rings. The molecule has 11 heavy (non-hydrogen) atoms. The van der Waals surface area contributed by atoms with E-state index in [2.05, 4.69) is 32.9 Å². The Balaban J connectivity index is 2.78. The molecule has 0 saturated heterocycles. The highest BCUT2D eigenvalue weighted by molar-refractivity contribution is 5.03. The summed E-state index contributed by atoms with van der Waals surface area (Å²) in [7, 11) is 0. The predicted octanol–water partition coefficient (Wildman–Crippen LogP) is 2.82. The molecular weight excluding hydrogens is 138 g/mol. The Labute approximate surface area is 67.6 Å². The lowest BCUT2D eigenvalue weighted by molar-refractivity contribution is 0.269. The summed E-state index contributed by atoms with van der Waals surface area (Å²) in [6, 6.07) is 1.93. The number of hydrogen-bond acceptors (Lipinski definition) is 2. The first-order chi connectivity index (χ1) is 5.02. The zero-order chi connectivity index (χ0) is 8.48. The molecule has 0 saturated carbocycles. The van der Waals surface area contributed by atoms with E-state index in [0.29, 0.717) is 5.92 Å². The Bertz CT molecular complexity index is 208. The van der Waals surface area contributed by atoms with Gasteiger partial charge in [0.05, 0.1) is 6.20 Å². The molecule has 0 amide bonds. The molecule has 1 atom stereocenters. The van der Waals surface area contributed by atoms with Crippen molar-refractivity contribution in [2.75, 3.05) is 0 Å². The Hall–Kier alpha value is -0.790. The highest BCUT2D eigenvalue weighted by Gasteiger charge is 2.24. The molecule has 62 valence electrons. The van der Waals surface area contributed by atoms with Crippen molar-refractivity contribution < 1.29 is 4.52 Å². The summed E-state index contributed by atoms with van der Waals surface area (Å²) >= 11 is 0. The summed E-state index contributed by atoms with van der Waals surface area (Å²) in [6.45, 7) is 8.74. The standard InChI is InChI=1S/C9H15NO/c1-7(9(2,3)4)8-5-6-10-11-8/h5-7H,1-4H3/t7-/m0/s1. The molecule has 0 radical (unpaired) electrons. The first-order valence-corrected chi connectivity index (χ1v) is 3.92. The van der Waals surface area contributed by atoms with E-state index in [-0.39, 0.29) is 5.41 Å². The Morgan fingerprint density at radius 3 is 2.45 bits per heavy atom. The summed E-state index contributed by atoms with van der Waals surface area (Å²) in [5, 5.41) is 3.68. The largest absolute Gasteiger partial charge is 0.361 e. The van der Waals surface area contributed by atoms with E-state index < -0.39 is 0 Å². The van der Waals surface area contributed by atoms with E-state index in [4.69, 9.17) is 4.52 Å². The van der Waals surface area contributed by atoms with Gasteiger partial charge < -0.3 is 4.52 Å². The fourth-order valence-electron chi connectivity index (χ4n) is 0.876. The highest BCUT2D eigenvalue weighted by Crippen LogP contribution is 2.33. The maximum Gasteiger partial charge on any atom is 0.140 e. The highest BCUT2D eigenvalue weighted by atomic mass is 16.5. The lowest BCUT2D eigenvalue weighted by Crippen LogP contribution is -2.14. The Morgan fingerprint density at radius 1 is 1.45 bits per heavy atom. The molecule has 0 aliphatic carbocycles. The minimum Gasteiger partial charge on any atom is -0.361 e. The molecule has 0 fully saturated rings. The number of nitrogens with zero attached hydrogens (tertiary/aromatic N) is 1. The predicted molar refractivity (Wildman–Crippen MR) is 44.4 cm³/mol. The monoisotopic (exact) mass is 153 g/mol. The number of aromatic nitrogens is 1. The third-order valence-electron chi connectivity index (χ3n) is 2.18. The van der Waals surface area contributed by atoms with Gasteiger partial charge in [-0.1, -0.05) is 32.9 Å². The van der Waals surface area contributed by atoms with Crippen LogP contribution in [0.3, 0.4) is 0 Å². The topological polar surface area (TPSA) is 26.0 Å². The average Bonchev–Trinajstić information content (AvgIpc) is 2.34. The van der Waals surface area contributed by atoms with Crippen LogP contribution in [0.2, 0.25) is 0 Å². The van der Waals surface area contributed by atoms with Crippen molar-refractivity contribution in [3.8, 4) is 0 Å². The van der Waals surface area contributed by atoms with Gasteiger partial charge in [0.25, 0.3) is 0 Å². The van der Waals surface area contributed by atoms with Crippen LogP contribution in [0.1, 0.15) is 39.4 Å². The van der Waals surface area contributed by atoms with E-state index in [1.54, 1.807) is 6.20 Å². The summed E-state index contributed by atoms with van der Waals surface area (Å²) in [5.41, 5.74) is 0.250. The number of hydrogen-bond donors (Lipinski definition) is 0. The van der Waals surface area contributed by atoms with Crippen LogP contribution in [0.4, 0.5) is 0 Å². The summed E-state index contributed by atoms with van der Waals surface area (Å²) in [6.07, 6.45) is 1.69. The van der Waals surface area contributed by atoms with Gasteiger partial charge in [0.2, 0.25) is 0 Å². The molecule has 2 heteroatoms. The molecular formula is C9H15NO. The third-order valence-corrected chi connectivity index (χ3v) is 2.18. The van der Waals surface area contributed by atoms with Crippen molar-refractivity contribution in [1.82, 2.24) is 5.16 Å². The van der Waals surface area contributed by atoms with Crippen LogP contribution in [0.25, 0.3) is 0 Å². The van der Waals surface area contributed by atoms with Crippen LogP contribution in [0.5, 0.6) is 0 Å². The fourth-order valence-corrected chi connectivity index (χ4v) is 0.876. The Morgan fingerprint density at radius 2 is 2.09 bits per heavy atom. The quantitative estimate of drug-likeness (QED) is 0.620. The smallest absolute Gasteiger partial charge is 0.140 e. The molecule has 0 spiro atoms. The van der Waals surface area contributed by atoms with Crippen molar-refractivity contribution in [3.63, 3.8) is 0 Å². The van der Waals surface area contributed by atoms with Gasteiger partial charge in [-0.3, -0.25) is 0 Å².